The number of carbonyl (C=O) groups is 2. The smallest absolute Gasteiger partial charge is 0.237 e. The normalized spacial score (nSPS) is 19.3. The fourth-order valence-electron chi connectivity index (χ4n) is 2.21. The predicted molar refractivity (Wildman–Crippen MR) is 67.7 cm³/mol. The molecule has 0 saturated carbocycles. The maximum atomic E-state index is 12.1. The first-order valence-corrected chi connectivity index (χ1v) is 6.06. The molecule has 19 heavy (non-hydrogen) atoms. The molecule has 0 spiro atoms. The summed E-state index contributed by atoms with van der Waals surface area (Å²) in [5.74, 6) is -0.295. The highest BCUT2D eigenvalue weighted by Crippen LogP contribution is 2.30. The van der Waals surface area contributed by atoms with E-state index in [0.29, 0.717) is 12.1 Å². The molecular weight excluding hydrogens is 248 g/mol. The summed E-state index contributed by atoms with van der Waals surface area (Å²) < 4.78 is 5.00. The van der Waals surface area contributed by atoms with Crippen molar-refractivity contribution >= 4 is 23.2 Å². The first-order chi connectivity index (χ1) is 9.13. The third kappa shape index (κ3) is 1.98. The number of hydrogen-bond acceptors (Lipinski definition) is 4. The predicted octanol–water partition coefficient (Wildman–Crippen LogP) is 0.129. The number of anilines is 2. The molecule has 6 nitrogen and oxygen atoms in total. The first-order valence-electron chi connectivity index (χ1n) is 6.06. The zero-order valence-electron chi connectivity index (χ0n) is 10.2. The van der Waals surface area contributed by atoms with Crippen LogP contribution in [0.5, 0.6) is 0 Å². The molecule has 0 radical (unpaired) electrons. The Morgan fingerprint density at radius 2 is 2.26 bits per heavy atom. The second-order valence-corrected chi connectivity index (χ2v) is 4.98. The van der Waals surface area contributed by atoms with Crippen molar-refractivity contribution in [2.45, 2.75) is 6.42 Å². The van der Waals surface area contributed by atoms with Crippen LogP contribution in [0.2, 0.25) is 0 Å². The lowest BCUT2D eigenvalue weighted by Gasteiger charge is -2.38. The maximum absolute atomic E-state index is 12.1. The van der Waals surface area contributed by atoms with E-state index in [2.05, 4.69) is 10.6 Å². The minimum absolute atomic E-state index is 0.0438. The summed E-state index contributed by atoms with van der Waals surface area (Å²) in [7, 11) is 0. The van der Waals surface area contributed by atoms with Gasteiger partial charge in [-0.25, -0.2) is 0 Å². The van der Waals surface area contributed by atoms with E-state index in [1.54, 1.807) is 18.2 Å². The zero-order chi connectivity index (χ0) is 13.5. The SMILES string of the molecule is O=C1Cc2cc(NC(=O)C3(CO)COC3)ccc2N1. The number of rotatable bonds is 3. The number of aliphatic hydroxyl groups is 1. The highest BCUT2D eigenvalue weighted by Gasteiger charge is 2.45. The second-order valence-electron chi connectivity index (χ2n) is 4.98. The monoisotopic (exact) mass is 262 g/mol. The molecule has 1 fully saturated rings. The average Bonchev–Trinajstić information content (AvgIpc) is 2.67. The largest absolute Gasteiger partial charge is 0.395 e. The number of aliphatic hydroxyl groups excluding tert-OH is 1. The van der Waals surface area contributed by atoms with E-state index in [1.807, 2.05) is 0 Å². The Balaban J connectivity index is 1.76. The van der Waals surface area contributed by atoms with Crippen molar-refractivity contribution in [1.29, 1.82) is 0 Å². The molecule has 3 N–H and O–H groups in total. The number of carbonyl (C=O) groups excluding carboxylic acids is 2. The number of ether oxygens (including phenoxy) is 1. The standard InChI is InChI=1S/C13H14N2O4/c16-5-13(6-19-7-13)12(18)14-9-1-2-10-8(3-9)4-11(17)15-10/h1-3,16H,4-7H2,(H,14,18)(H,15,17). The molecule has 2 heterocycles. The minimum atomic E-state index is -0.826. The van der Waals surface area contributed by atoms with Crippen LogP contribution in [0.15, 0.2) is 18.2 Å². The van der Waals surface area contributed by atoms with Crippen LogP contribution in [0.3, 0.4) is 0 Å². The van der Waals surface area contributed by atoms with Gasteiger partial charge in [-0.2, -0.15) is 0 Å². The molecule has 1 aromatic carbocycles. The third-order valence-corrected chi connectivity index (χ3v) is 3.53. The zero-order valence-corrected chi connectivity index (χ0v) is 10.2. The van der Waals surface area contributed by atoms with E-state index in [0.717, 1.165) is 11.3 Å². The summed E-state index contributed by atoms with van der Waals surface area (Å²) >= 11 is 0. The molecule has 1 saturated heterocycles. The Morgan fingerprint density at radius 1 is 1.47 bits per heavy atom. The summed E-state index contributed by atoms with van der Waals surface area (Å²) in [6, 6.07) is 5.27. The van der Waals surface area contributed by atoms with E-state index in [1.165, 1.54) is 0 Å². The molecule has 0 aromatic heterocycles. The van der Waals surface area contributed by atoms with Crippen molar-refractivity contribution < 1.29 is 19.4 Å². The Hall–Kier alpha value is -1.92. The summed E-state index contributed by atoms with van der Waals surface area (Å²) in [5, 5.41) is 14.8. The Morgan fingerprint density at radius 3 is 2.89 bits per heavy atom. The van der Waals surface area contributed by atoms with Gasteiger partial charge in [0.1, 0.15) is 5.41 Å². The van der Waals surface area contributed by atoms with Gasteiger partial charge in [-0.3, -0.25) is 9.59 Å². The molecule has 3 rings (SSSR count). The highest BCUT2D eigenvalue weighted by molar-refractivity contribution is 6.01. The Kier molecular flexibility index (Phi) is 2.76. The van der Waals surface area contributed by atoms with Gasteiger partial charge in [-0.1, -0.05) is 0 Å². The minimum Gasteiger partial charge on any atom is -0.395 e. The van der Waals surface area contributed by atoms with Crippen molar-refractivity contribution in [3.8, 4) is 0 Å². The molecule has 0 aliphatic carbocycles. The van der Waals surface area contributed by atoms with E-state index < -0.39 is 5.41 Å². The molecule has 0 bridgehead atoms. The Labute approximate surface area is 109 Å². The lowest BCUT2D eigenvalue weighted by atomic mass is 9.86. The molecule has 2 aliphatic rings. The van der Waals surface area contributed by atoms with Gasteiger partial charge in [-0.05, 0) is 23.8 Å². The van der Waals surface area contributed by atoms with Gasteiger partial charge in [0.15, 0.2) is 0 Å². The van der Waals surface area contributed by atoms with Gasteiger partial charge in [0.05, 0.1) is 26.2 Å². The summed E-state index contributed by atoms with van der Waals surface area (Å²) in [6.45, 7) is 0.241. The maximum Gasteiger partial charge on any atom is 0.237 e. The van der Waals surface area contributed by atoms with Crippen LogP contribution < -0.4 is 10.6 Å². The van der Waals surface area contributed by atoms with Crippen LogP contribution in [0, 0.1) is 5.41 Å². The van der Waals surface area contributed by atoms with Crippen molar-refractivity contribution in [2.75, 3.05) is 30.5 Å². The molecule has 0 atom stereocenters. The molecule has 2 aliphatic heterocycles. The van der Waals surface area contributed by atoms with Gasteiger partial charge in [0.25, 0.3) is 0 Å². The topological polar surface area (TPSA) is 87.7 Å². The number of fused-ring (bicyclic) bond motifs is 1. The number of hydrogen-bond donors (Lipinski definition) is 3. The van der Waals surface area contributed by atoms with Gasteiger partial charge in [0, 0.05) is 11.4 Å². The van der Waals surface area contributed by atoms with Crippen molar-refractivity contribution in [3.63, 3.8) is 0 Å². The van der Waals surface area contributed by atoms with Gasteiger partial charge in [0.2, 0.25) is 11.8 Å². The molecular formula is C13H14N2O4. The lowest BCUT2D eigenvalue weighted by Crippen LogP contribution is -2.54. The van der Waals surface area contributed by atoms with E-state index in [4.69, 9.17) is 4.74 Å². The number of amides is 2. The second kappa shape index (κ2) is 4.32. The van der Waals surface area contributed by atoms with Crippen LogP contribution in [0.25, 0.3) is 0 Å². The van der Waals surface area contributed by atoms with Crippen LogP contribution in [-0.4, -0.2) is 36.7 Å². The number of nitrogens with one attached hydrogen (secondary N) is 2. The fraction of sp³-hybridized carbons (Fsp3) is 0.385. The fourth-order valence-corrected chi connectivity index (χ4v) is 2.21. The quantitative estimate of drug-likeness (QED) is 0.722. The number of benzene rings is 1. The summed E-state index contributed by atoms with van der Waals surface area (Å²) in [4.78, 5) is 23.3. The van der Waals surface area contributed by atoms with E-state index >= 15 is 0 Å². The summed E-state index contributed by atoms with van der Waals surface area (Å²) in [5.41, 5.74) is 1.45. The molecule has 0 unspecified atom stereocenters. The average molecular weight is 262 g/mol. The van der Waals surface area contributed by atoms with Crippen LogP contribution in [0.4, 0.5) is 11.4 Å². The van der Waals surface area contributed by atoms with Crippen molar-refractivity contribution in [1.82, 2.24) is 0 Å². The van der Waals surface area contributed by atoms with Gasteiger partial charge >= 0.3 is 0 Å². The molecule has 100 valence electrons. The van der Waals surface area contributed by atoms with Gasteiger partial charge < -0.3 is 20.5 Å². The molecule has 2 amide bonds. The highest BCUT2D eigenvalue weighted by atomic mass is 16.5. The van der Waals surface area contributed by atoms with Crippen LogP contribution in [-0.2, 0) is 20.7 Å². The van der Waals surface area contributed by atoms with E-state index in [-0.39, 0.29) is 31.6 Å². The van der Waals surface area contributed by atoms with E-state index in [9.17, 15) is 14.7 Å². The molecule has 6 heteroatoms. The van der Waals surface area contributed by atoms with Crippen molar-refractivity contribution in [3.05, 3.63) is 23.8 Å². The van der Waals surface area contributed by atoms with Crippen molar-refractivity contribution in [2.24, 2.45) is 5.41 Å². The first kappa shape index (κ1) is 12.1. The van der Waals surface area contributed by atoms with Gasteiger partial charge in [-0.15, -0.1) is 0 Å². The van der Waals surface area contributed by atoms with Crippen LogP contribution >= 0.6 is 0 Å². The van der Waals surface area contributed by atoms with Crippen LogP contribution in [0.1, 0.15) is 5.56 Å². The Bertz CT molecular complexity index is 546. The third-order valence-electron chi connectivity index (χ3n) is 3.53. The summed E-state index contributed by atoms with van der Waals surface area (Å²) in [6.07, 6.45) is 0.327. The lowest BCUT2D eigenvalue weighted by molar-refractivity contribution is -0.164. The molecule has 1 aromatic rings.